The van der Waals surface area contributed by atoms with Gasteiger partial charge in [0.2, 0.25) is 0 Å². The molecule has 0 saturated carbocycles. The Balaban J connectivity index is 2.36. The third kappa shape index (κ3) is 2.35. The van der Waals surface area contributed by atoms with E-state index in [4.69, 9.17) is 11.5 Å². The highest BCUT2D eigenvalue weighted by molar-refractivity contribution is 5.64. The van der Waals surface area contributed by atoms with E-state index >= 15 is 0 Å². The molecule has 0 radical (unpaired) electrons. The fourth-order valence-corrected chi connectivity index (χ4v) is 1.62. The predicted octanol–water partition coefficient (Wildman–Crippen LogP) is 1.17. The van der Waals surface area contributed by atoms with Crippen molar-refractivity contribution in [3.05, 3.63) is 24.3 Å². The molecule has 2 aromatic heterocycles. The zero-order valence-corrected chi connectivity index (χ0v) is 9.80. The van der Waals surface area contributed by atoms with Gasteiger partial charge in [0.15, 0.2) is 11.6 Å². The van der Waals surface area contributed by atoms with Crippen molar-refractivity contribution in [3.63, 3.8) is 0 Å². The van der Waals surface area contributed by atoms with Crippen LogP contribution < -0.4 is 11.5 Å². The molecule has 0 aliphatic rings. The van der Waals surface area contributed by atoms with Crippen LogP contribution in [0.5, 0.6) is 0 Å². The standard InChI is InChI=1S/C11H16N6/c1-2-3-5-8-15-10(12)9(11(13)16-8)17-7-4-6-14-17/h4,6-7H,2-3,5H2,1H3,(H4,12,13,15,16). The van der Waals surface area contributed by atoms with Crippen molar-refractivity contribution < 1.29 is 0 Å². The number of nitrogen functional groups attached to an aromatic ring is 2. The molecule has 0 aliphatic carbocycles. The average molecular weight is 232 g/mol. The highest BCUT2D eigenvalue weighted by Crippen LogP contribution is 2.20. The number of aryl methyl sites for hydroxylation is 1. The Kier molecular flexibility index (Phi) is 3.22. The highest BCUT2D eigenvalue weighted by atomic mass is 15.3. The number of hydrogen-bond donors (Lipinski definition) is 2. The van der Waals surface area contributed by atoms with Gasteiger partial charge in [-0.1, -0.05) is 13.3 Å². The molecule has 0 bridgehead atoms. The van der Waals surface area contributed by atoms with E-state index < -0.39 is 0 Å². The second-order valence-corrected chi connectivity index (χ2v) is 3.81. The van der Waals surface area contributed by atoms with Crippen molar-refractivity contribution in [3.8, 4) is 5.69 Å². The van der Waals surface area contributed by atoms with Crippen LogP contribution in [0.4, 0.5) is 11.6 Å². The average Bonchev–Trinajstić information content (AvgIpc) is 2.79. The molecular weight excluding hydrogens is 216 g/mol. The van der Waals surface area contributed by atoms with Crippen molar-refractivity contribution >= 4 is 11.6 Å². The predicted molar refractivity (Wildman–Crippen MR) is 66.6 cm³/mol. The minimum atomic E-state index is 0.368. The molecule has 6 heteroatoms. The Labute approximate surface area is 99.7 Å². The minimum absolute atomic E-state index is 0.368. The lowest BCUT2D eigenvalue weighted by atomic mass is 10.2. The van der Waals surface area contributed by atoms with E-state index in [1.165, 1.54) is 0 Å². The van der Waals surface area contributed by atoms with Gasteiger partial charge in [0.05, 0.1) is 0 Å². The van der Waals surface area contributed by atoms with E-state index in [1.54, 1.807) is 23.1 Å². The molecule has 0 spiro atoms. The number of nitrogens with two attached hydrogens (primary N) is 2. The second kappa shape index (κ2) is 4.82. The molecule has 0 fully saturated rings. The summed E-state index contributed by atoms with van der Waals surface area (Å²) in [6.07, 6.45) is 6.33. The van der Waals surface area contributed by atoms with Gasteiger partial charge in [-0.15, -0.1) is 0 Å². The van der Waals surface area contributed by atoms with Gasteiger partial charge < -0.3 is 11.5 Å². The van der Waals surface area contributed by atoms with E-state index in [0.29, 0.717) is 23.1 Å². The third-order valence-electron chi connectivity index (χ3n) is 2.47. The Bertz CT molecular complexity index is 468. The maximum absolute atomic E-state index is 5.89. The SMILES string of the molecule is CCCCc1nc(N)c(-n2cccn2)c(N)n1. The van der Waals surface area contributed by atoms with Crippen LogP contribution in [0.3, 0.4) is 0 Å². The molecule has 90 valence electrons. The summed E-state index contributed by atoms with van der Waals surface area (Å²) in [6.45, 7) is 2.12. The molecule has 2 rings (SSSR count). The molecule has 4 N–H and O–H groups in total. The maximum Gasteiger partial charge on any atom is 0.155 e. The van der Waals surface area contributed by atoms with Gasteiger partial charge >= 0.3 is 0 Å². The zero-order valence-electron chi connectivity index (χ0n) is 9.80. The van der Waals surface area contributed by atoms with Crippen molar-refractivity contribution in [2.24, 2.45) is 0 Å². The molecule has 0 aliphatic heterocycles. The van der Waals surface area contributed by atoms with E-state index in [1.807, 2.05) is 0 Å². The van der Waals surface area contributed by atoms with Crippen LogP contribution in [-0.2, 0) is 6.42 Å². The van der Waals surface area contributed by atoms with Crippen LogP contribution in [0.15, 0.2) is 18.5 Å². The summed E-state index contributed by atoms with van der Waals surface area (Å²) in [5, 5.41) is 4.08. The van der Waals surface area contributed by atoms with Crippen LogP contribution >= 0.6 is 0 Å². The van der Waals surface area contributed by atoms with Gasteiger partial charge in [0.1, 0.15) is 11.5 Å². The van der Waals surface area contributed by atoms with Gasteiger partial charge in [0.25, 0.3) is 0 Å². The molecular formula is C11H16N6. The van der Waals surface area contributed by atoms with E-state index in [9.17, 15) is 0 Å². The van der Waals surface area contributed by atoms with Gasteiger partial charge in [-0.05, 0) is 12.5 Å². The summed E-state index contributed by atoms with van der Waals surface area (Å²) in [5.74, 6) is 1.43. The fraction of sp³-hybridized carbons (Fsp3) is 0.364. The normalized spacial score (nSPS) is 10.6. The third-order valence-corrected chi connectivity index (χ3v) is 2.47. The van der Waals surface area contributed by atoms with Crippen molar-refractivity contribution in [2.45, 2.75) is 26.2 Å². The molecule has 0 saturated heterocycles. The molecule has 0 amide bonds. The van der Waals surface area contributed by atoms with E-state index in [2.05, 4.69) is 22.0 Å². The lowest BCUT2D eigenvalue weighted by Gasteiger charge is -2.09. The summed E-state index contributed by atoms with van der Waals surface area (Å²) in [6, 6.07) is 1.80. The van der Waals surface area contributed by atoms with E-state index in [-0.39, 0.29) is 0 Å². The van der Waals surface area contributed by atoms with Crippen molar-refractivity contribution in [2.75, 3.05) is 11.5 Å². The minimum Gasteiger partial charge on any atom is -0.382 e. The summed E-state index contributed by atoms with van der Waals surface area (Å²) in [7, 11) is 0. The summed E-state index contributed by atoms with van der Waals surface area (Å²) in [5.41, 5.74) is 12.3. The number of hydrogen-bond acceptors (Lipinski definition) is 5. The second-order valence-electron chi connectivity index (χ2n) is 3.81. The summed E-state index contributed by atoms with van der Waals surface area (Å²) < 4.78 is 1.58. The van der Waals surface area contributed by atoms with Crippen LogP contribution in [0.2, 0.25) is 0 Å². The fourth-order valence-electron chi connectivity index (χ4n) is 1.62. The first-order chi connectivity index (χ1) is 8.22. The van der Waals surface area contributed by atoms with Crippen molar-refractivity contribution in [1.82, 2.24) is 19.7 Å². The van der Waals surface area contributed by atoms with Crippen LogP contribution in [-0.4, -0.2) is 19.7 Å². The quantitative estimate of drug-likeness (QED) is 0.824. The van der Waals surface area contributed by atoms with Crippen LogP contribution in [0.25, 0.3) is 5.69 Å². The zero-order chi connectivity index (χ0) is 12.3. The Hall–Kier alpha value is -2.11. The molecule has 2 heterocycles. The first-order valence-corrected chi connectivity index (χ1v) is 5.64. The largest absolute Gasteiger partial charge is 0.382 e. The summed E-state index contributed by atoms with van der Waals surface area (Å²) >= 11 is 0. The Morgan fingerprint density at radius 2 is 1.94 bits per heavy atom. The van der Waals surface area contributed by atoms with Gasteiger partial charge in [0, 0.05) is 18.8 Å². The molecule has 0 unspecified atom stereocenters. The van der Waals surface area contributed by atoms with Gasteiger partial charge in [-0.2, -0.15) is 5.10 Å². The van der Waals surface area contributed by atoms with Gasteiger partial charge in [-0.25, -0.2) is 14.6 Å². The number of aromatic nitrogens is 4. The van der Waals surface area contributed by atoms with Crippen LogP contribution in [0, 0.1) is 0 Å². The topological polar surface area (TPSA) is 95.6 Å². The lowest BCUT2D eigenvalue weighted by Crippen LogP contribution is -2.11. The van der Waals surface area contributed by atoms with Crippen molar-refractivity contribution in [1.29, 1.82) is 0 Å². The monoisotopic (exact) mass is 232 g/mol. The molecule has 17 heavy (non-hydrogen) atoms. The Morgan fingerprint density at radius 3 is 2.47 bits per heavy atom. The number of anilines is 2. The lowest BCUT2D eigenvalue weighted by molar-refractivity contribution is 0.750. The first kappa shape index (κ1) is 11.4. The number of rotatable bonds is 4. The molecule has 0 atom stereocenters. The van der Waals surface area contributed by atoms with E-state index in [0.717, 1.165) is 19.3 Å². The maximum atomic E-state index is 5.89. The molecule has 0 aromatic carbocycles. The summed E-state index contributed by atoms with van der Waals surface area (Å²) in [4.78, 5) is 8.51. The smallest absolute Gasteiger partial charge is 0.155 e. The number of unbranched alkanes of at least 4 members (excludes halogenated alkanes) is 1. The van der Waals surface area contributed by atoms with Crippen LogP contribution in [0.1, 0.15) is 25.6 Å². The molecule has 2 aromatic rings. The highest BCUT2D eigenvalue weighted by Gasteiger charge is 2.11. The Morgan fingerprint density at radius 1 is 1.24 bits per heavy atom. The van der Waals surface area contributed by atoms with Gasteiger partial charge in [-0.3, -0.25) is 0 Å². The first-order valence-electron chi connectivity index (χ1n) is 5.64. The number of nitrogens with zero attached hydrogens (tertiary/aromatic N) is 4. The molecule has 6 nitrogen and oxygen atoms in total.